The summed E-state index contributed by atoms with van der Waals surface area (Å²) in [6.07, 6.45) is 1.21. The molecule has 0 heterocycles. The molecule has 0 saturated heterocycles. The smallest absolute Gasteiger partial charge is 0.165 e. The summed E-state index contributed by atoms with van der Waals surface area (Å²) in [5.41, 5.74) is 6.51. The van der Waals surface area contributed by atoms with Gasteiger partial charge in [0.2, 0.25) is 0 Å². The van der Waals surface area contributed by atoms with Crippen molar-refractivity contribution in [2.45, 2.75) is 18.9 Å². The molecule has 0 saturated carbocycles. The third-order valence-electron chi connectivity index (χ3n) is 2.27. The van der Waals surface area contributed by atoms with Gasteiger partial charge in [0.25, 0.3) is 0 Å². The SMILES string of the molecule is COc1c(F)cccc1[C@H](N)CCCO. The molecule has 0 unspecified atom stereocenters. The summed E-state index contributed by atoms with van der Waals surface area (Å²) in [6, 6.07) is 4.37. The molecular formula is C11H16FNO2. The Bertz CT molecular complexity index is 317. The quantitative estimate of drug-likeness (QED) is 0.781. The van der Waals surface area contributed by atoms with Crippen LogP contribution < -0.4 is 10.5 Å². The zero-order valence-corrected chi connectivity index (χ0v) is 8.74. The molecule has 1 aromatic carbocycles. The number of para-hydroxylation sites is 1. The molecule has 0 fully saturated rings. The Hall–Kier alpha value is -1.13. The summed E-state index contributed by atoms with van der Waals surface area (Å²) >= 11 is 0. The second kappa shape index (κ2) is 5.68. The van der Waals surface area contributed by atoms with Gasteiger partial charge in [-0.05, 0) is 18.9 Å². The Labute approximate surface area is 88.7 Å². The second-order valence-electron chi connectivity index (χ2n) is 3.33. The van der Waals surface area contributed by atoms with Crippen molar-refractivity contribution in [1.82, 2.24) is 0 Å². The van der Waals surface area contributed by atoms with E-state index in [4.69, 9.17) is 15.6 Å². The normalized spacial score (nSPS) is 12.5. The van der Waals surface area contributed by atoms with Crippen LogP contribution in [0.4, 0.5) is 4.39 Å². The zero-order valence-electron chi connectivity index (χ0n) is 8.74. The van der Waals surface area contributed by atoms with Crippen LogP contribution in [0.25, 0.3) is 0 Å². The predicted octanol–water partition coefficient (Wildman–Crippen LogP) is 1.61. The minimum Gasteiger partial charge on any atom is -0.493 e. The highest BCUT2D eigenvalue weighted by Gasteiger charge is 2.14. The fourth-order valence-electron chi connectivity index (χ4n) is 1.50. The number of benzene rings is 1. The molecule has 0 aliphatic heterocycles. The molecule has 1 aromatic rings. The van der Waals surface area contributed by atoms with Gasteiger partial charge in [0.05, 0.1) is 7.11 Å². The summed E-state index contributed by atoms with van der Waals surface area (Å²) in [5, 5.41) is 8.68. The van der Waals surface area contributed by atoms with Crippen LogP contribution in [0.5, 0.6) is 5.75 Å². The van der Waals surface area contributed by atoms with Crippen LogP contribution in [-0.4, -0.2) is 18.8 Å². The van der Waals surface area contributed by atoms with E-state index in [1.165, 1.54) is 13.2 Å². The van der Waals surface area contributed by atoms with Crippen molar-refractivity contribution in [3.05, 3.63) is 29.6 Å². The number of aliphatic hydroxyl groups excluding tert-OH is 1. The lowest BCUT2D eigenvalue weighted by Crippen LogP contribution is -2.12. The van der Waals surface area contributed by atoms with E-state index in [-0.39, 0.29) is 18.4 Å². The van der Waals surface area contributed by atoms with E-state index in [0.717, 1.165) is 0 Å². The van der Waals surface area contributed by atoms with Gasteiger partial charge in [-0.25, -0.2) is 4.39 Å². The van der Waals surface area contributed by atoms with Gasteiger partial charge in [-0.3, -0.25) is 0 Å². The van der Waals surface area contributed by atoms with Gasteiger partial charge in [-0.15, -0.1) is 0 Å². The Morgan fingerprint density at radius 1 is 1.53 bits per heavy atom. The van der Waals surface area contributed by atoms with Crippen molar-refractivity contribution in [2.75, 3.05) is 13.7 Å². The van der Waals surface area contributed by atoms with Crippen molar-refractivity contribution < 1.29 is 14.2 Å². The number of hydrogen-bond acceptors (Lipinski definition) is 3. The third kappa shape index (κ3) is 2.91. The minimum atomic E-state index is -0.408. The number of nitrogens with two attached hydrogens (primary N) is 1. The highest BCUT2D eigenvalue weighted by Crippen LogP contribution is 2.28. The summed E-state index contributed by atoms with van der Waals surface area (Å²) in [6.45, 7) is 0.0886. The van der Waals surface area contributed by atoms with Gasteiger partial charge >= 0.3 is 0 Å². The van der Waals surface area contributed by atoms with Crippen molar-refractivity contribution in [3.63, 3.8) is 0 Å². The van der Waals surface area contributed by atoms with Crippen LogP contribution in [-0.2, 0) is 0 Å². The van der Waals surface area contributed by atoms with E-state index >= 15 is 0 Å². The standard InChI is InChI=1S/C11H16FNO2/c1-15-11-8(4-2-5-9(11)12)10(13)6-3-7-14/h2,4-5,10,14H,3,6-7,13H2,1H3/t10-/m1/s1. The summed E-state index contributed by atoms with van der Waals surface area (Å²) < 4.78 is 18.3. The molecule has 3 N–H and O–H groups in total. The largest absolute Gasteiger partial charge is 0.493 e. The molecular weight excluding hydrogens is 197 g/mol. The lowest BCUT2D eigenvalue weighted by Gasteiger charge is -2.15. The molecule has 3 nitrogen and oxygen atoms in total. The van der Waals surface area contributed by atoms with Crippen molar-refractivity contribution in [3.8, 4) is 5.75 Å². The monoisotopic (exact) mass is 213 g/mol. The fourth-order valence-corrected chi connectivity index (χ4v) is 1.50. The number of hydrogen-bond donors (Lipinski definition) is 2. The van der Waals surface area contributed by atoms with E-state index in [0.29, 0.717) is 18.4 Å². The van der Waals surface area contributed by atoms with Crippen molar-refractivity contribution in [2.24, 2.45) is 5.73 Å². The fraction of sp³-hybridized carbons (Fsp3) is 0.455. The van der Waals surface area contributed by atoms with Gasteiger partial charge < -0.3 is 15.6 Å². The number of aliphatic hydroxyl groups is 1. The van der Waals surface area contributed by atoms with E-state index in [1.807, 2.05) is 0 Å². The van der Waals surface area contributed by atoms with Gasteiger partial charge in [-0.1, -0.05) is 12.1 Å². The van der Waals surface area contributed by atoms with E-state index in [2.05, 4.69) is 0 Å². The van der Waals surface area contributed by atoms with Crippen LogP contribution in [0.1, 0.15) is 24.4 Å². The molecule has 84 valence electrons. The number of ether oxygens (including phenoxy) is 1. The van der Waals surface area contributed by atoms with E-state index in [9.17, 15) is 4.39 Å². The first kappa shape index (κ1) is 11.9. The van der Waals surface area contributed by atoms with Crippen LogP contribution in [0, 0.1) is 5.82 Å². The molecule has 1 rings (SSSR count). The number of methoxy groups -OCH3 is 1. The summed E-state index contributed by atoms with van der Waals surface area (Å²) in [4.78, 5) is 0. The maximum absolute atomic E-state index is 13.3. The molecule has 0 spiro atoms. The lowest BCUT2D eigenvalue weighted by atomic mass is 10.0. The highest BCUT2D eigenvalue weighted by molar-refractivity contribution is 5.37. The third-order valence-corrected chi connectivity index (χ3v) is 2.27. The average Bonchev–Trinajstić information content (AvgIpc) is 2.25. The molecule has 4 heteroatoms. The predicted molar refractivity (Wildman–Crippen MR) is 56.2 cm³/mol. The van der Waals surface area contributed by atoms with Gasteiger partial charge in [0.1, 0.15) is 0 Å². The molecule has 1 atom stereocenters. The van der Waals surface area contributed by atoms with Crippen LogP contribution in [0.3, 0.4) is 0 Å². The van der Waals surface area contributed by atoms with Crippen molar-refractivity contribution >= 4 is 0 Å². The first-order valence-corrected chi connectivity index (χ1v) is 4.89. The van der Waals surface area contributed by atoms with Gasteiger partial charge in [0, 0.05) is 18.2 Å². The Morgan fingerprint density at radius 2 is 2.27 bits per heavy atom. The molecule has 0 aliphatic rings. The molecule has 0 bridgehead atoms. The van der Waals surface area contributed by atoms with Crippen LogP contribution >= 0.6 is 0 Å². The number of rotatable bonds is 5. The highest BCUT2D eigenvalue weighted by atomic mass is 19.1. The first-order chi connectivity index (χ1) is 7.20. The maximum atomic E-state index is 13.3. The minimum absolute atomic E-state index is 0.0886. The Morgan fingerprint density at radius 3 is 2.87 bits per heavy atom. The van der Waals surface area contributed by atoms with E-state index in [1.54, 1.807) is 12.1 Å². The molecule has 15 heavy (non-hydrogen) atoms. The topological polar surface area (TPSA) is 55.5 Å². The second-order valence-corrected chi connectivity index (χ2v) is 3.33. The first-order valence-electron chi connectivity index (χ1n) is 4.89. The van der Waals surface area contributed by atoms with Gasteiger partial charge in [0.15, 0.2) is 11.6 Å². The van der Waals surface area contributed by atoms with Crippen LogP contribution in [0.2, 0.25) is 0 Å². The van der Waals surface area contributed by atoms with E-state index < -0.39 is 5.82 Å². The Kier molecular flexibility index (Phi) is 4.52. The summed E-state index contributed by atoms with van der Waals surface area (Å²) in [5.74, 6) is -0.211. The van der Waals surface area contributed by atoms with Crippen molar-refractivity contribution in [1.29, 1.82) is 0 Å². The number of halogens is 1. The zero-order chi connectivity index (χ0) is 11.3. The molecule has 0 radical (unpaired) electrons. The Balaban J connectivity index is 2.87. The molecule has 0 amide bonds. The lowest BCUT2D eigenvalue weighted by molar-refractivity contribution is 0.279. The molecule has 0 aliphatic carbocycles. The van der Waals surface area contributed by atoms with Gasteiger partial charge in [-0.2, -0.15) is 0 Å². The molecule has 0 aromatic heterocycles. The summed E-state index contributed by atoms with van der Waals surface area (Å²) in [7, 11) is 1.42. The van der Waals surface area contributed by atoms with Crippen LogP contribution in [0.15, 0.2) is 18.2 Å². The average molecular weight is 213 g/mol. The maximum Gasteiger partial charge on any atom is 0.165 e.